The summed E-state index contributed by atoms with van der Waals surface area (Å²) >= 11 is 0. The van der Waals surface area contributed by atoms with Gasteiger partial charge in [0.15, 0.2) is 12.2 Å². The van der Waals surface area contributed by atoms with E-state index in [2.05, 4.69) is 47.5 Å². The molecule has 0 bridgehead atoms. The van der Waals surface area contributed by atoms with Gasteiger partial charge in [0, 0.05) is 56.9 Å². The van der Waals surface area contributed by atoms with E-state index in [1.54, 1.807) is 30.3 Å². The number of aliphatic imine (C=N–C) groups is 1. The highest BCUT2D eigenvalue weighted by molar-refractivity contribution is 8.76. The first kappa shape index (κ1) is 79.3. The Hall–Kier alpha value is -8.39. The predicted octanol–water partition coefficient (Wildman–Crippen LogP) is -5.73. The number of rotatable bonds is 31. The first-order chi connectivity index (χ1) is 46.2. The van der Waals surface area contributed by atoms with E-state index < -0.39 is 182 Å². The summed E-state index contributed by atoms with van der Waals surface area (Å²) in [7, 11) is 1.88. The molecule has 3 saturated heterocycles. The number of unbranched alkanes of at least 4 members (excludes halogenated alkanes) is 5. The molecule has 0 aromatic heterocycles. The molecule has 24 N–H and O–H groups in total. The molecule has 0 spiro atoms. The monoisotopic (exact) mass is 1400 g/mol. The number of ether oxygens (including phenoxy) is 2. The number of likely N-dealkylation sites (tertiary alicyclic amines) is 1. The van der Waals surface area contributed by atoms with Crippen LogP contribution in [0.25, 0.3) is 0 Å². The molecule has 2 aromatic carbocycles. The number of hydrogen-bond donors (Lipinski definition) is 18. The first-order valence-electron chi connectivity index (χ1n) is 31.9. The summed E-state index contributed by atoms with van der Waals surface area (Å²) in [6.07, 6.45) is -3.11. The van der Waals surface area contributed by atoms with Gasteiger partial charge in [-0.05, 0) is 68.2 Å². The number of primary amides is 3. The van der Waals surface area contributed by atoms with Crippen molar-refractivity contribution in [3.05, 3.63) is 65.7 Å². The lowest BCUT2D eigenvalue weighted by Crippen LogP contribution is -2.62. The third-order valence-electron chi connectivity index (χ3n) is 16.0. The van der Waals surface area contributed by atoms with Crippen LogP contribution in [0.5, 0.6) is 5.75 Å². The van der Waals surface area contributed by atoms with E-state index in [-0.39, 0.29) is 87.9 Å². The fourth-order valence-electron chi connectivity index (χ4n) is 10.7. The average Bonchev–Trinajstić information content (AvgIpc) is 1.09. The smallest absolute Gasteiger partial charge is 0.246 e. The van der Waals surface area contributed by atoms with E-state index in [0.717, 1.165) is 32.9 Å². The molecule has 2 aromatic rings. The van der Waals surface area contributed by atoms with Gasteiger partial charge in [0.2, 0.25) is 70.9 Å². The highest BCUT2D eigenvalue weighted by Crippen LogP contribution is 2.27. The highest BCUT2D eigenvalue weighted by atomic mass is 33.1. The van der Waals surface area contributed by atoms with E-state index in [9.17, 15) is 78.0 Å². The van der Waals surface area contributed by atoms with Crippen molar-refractivity contribution in [3.8, 4) is 5.75 Å². The summed E-state index contributed by atoms with van der Waals surface area (Å²) in [5.41, 5.74) is 34.2. The molecule has 97 heavy (non-hydrogen) atoms. The molecule has 0 saturated carbocycles. The number of guanidine groups is 1. The SMILES string of the molecule is NC(=O)CC[C@@H]1NC(=O)[C@H](Cc2ccccc2)NC(=O)C(Cc2ccc(O)cc2)NC(=O)C(NC(=O)CCCCCCCCO[C@H]2O[C@H](CO)[C@@H](O)[C@H](O)[C@H]2N)CSSC[C@@H](C(=O)N2CCC[C@H]2C(=O)N[C@@H](CCCN=C(N)N)C(=O)NCC(N)=O)NC(=O)C(CC(N)=O)NC1=O. The van der Waals surface area contributed by atoms with Crippen molar-refractivity contribution in [2.45, 2.75) is 182 Å². The van der Waals surface area contributed by atoms with Crippen molar-refractivity contribution in [2.75, 3.05) is 44.4 Å². The van der Waals surface area contributed by atoms with Crippen molar-refractivity contribution in [1.82, 2.24) is 47.4 Å². The van der Waals surface area contributed by atoms with Crippen molar-refractivity contribution in [3.63, 3.8) is 0 Å². The van der Waals surface area contributed by atoms with Crippen LogP contribution in [0.4, 0.5) is 0 Å². The molecule has 13 atom stereocenters. The topological polar surface area (TPSA) is 572 Å². The Labute approximate surface area is 567 Å². The standard InChI is InChI=1S/C61H92N16O18S2/c62-45(80)22-21-37-53(87)75-40(28-46(63)81)56(90)76-42(59(93)77-24-11-15-43(77)58(92)72-36(14-10-23-68-61(66)67)52(86)69-29-47(64)82)32-97-96-31-41(70-48(83)16-8-3-1-2-4-9-25-94-60-49(65)51(85)50(84)44(30-78)95-60)57(91)74-39(27-34-17-19-35(79)20-18-34)55(89)73-38(54(88)71-37)26-33-12-6-5-7-13-33/h5-7,12-13,17-20,36-44,49-51,60,78-79,84-85H,1-4,8-11,14-16,21-32,65H2,(H2,62,80)(H2,63,81)(H2,64,82)(H,69,86)(H,70,83)(H,71,88)(H,72,92)(H,73,89)(H,74,91)(H,75,87)(H,76,90)(H4,66,67,68)/t36-,37-,38-,39?,40?,41?,42-,43-,44+,49+,50+,51+,60-/m0/s1. The van der Waals surface area contributed by atoms with Gasteiger partial charge in [0.1, 0.15) is 72.4 Å². The maximum absolute atomic E-state index is 15.0. The number of nitrogens with one attached hydrogen (secondary N) is 8. The number of phenols is 1. The maximum atomic E-state index is 15.0. The van der Waals surface area contributed by atoms with E-state index in [1.807, 2.05) is 0 Å². The molecule has 3 aliphatic heterocycles. The van der Waals surface area contributed by atoms with Crippen LogP contribution in [0.2, 0.25) is 0 Å². The minimum atomic E-state index is -1.87. The Morgan fingerprint density at radius 2 is 1.29 bits per heavy atom. The van der Waals surface area contributed by atoms with Crippen molar-refractivity contribution < 1.29 is 87.4 Å². The number of aliphatic hydroxyl groups is 3. The fourth-order valence-corrected chi connectivity index (χ4v) is 13.0. The third-order valence-corrected chi connectivity index (χ3v) is 18.4. The Bertz CT molecular complexity index is 3030. The second kappa shape index (κ2) is 41.0. The molecule has 3 heterocycles. The Morgan fingerprint density at radius 3 is 1.93 bits per heavy atom. The summed E-state index contributed by atoms with van der Waals surface area (Å²) < 4.78 is 11.2. The molecule has 3 unspecified atom stereocenters. The number of phenolic OH excluding ortho intramolecular Hbond substituents is 1. The van der Waals surface area contributed by atoms with Crippen LogP contribution in [0, 0.1) is 0 Å². The van der Waals surface area contributed by atoms with Crippen LogP contribution in [-0.2, 0) is 79.8 Å². The van der Waals surface area contributed by atoms with Gasteiger partial charge in [-0.25, -0.2) is 0 Å². The van der Waals surface area contributed by atoms with Gasteiger partial charge >= 0.3 is 0 Å². The largest absolute Gasteiger partial charge is 0.508 e. The van der Waals surface area contributed by atoms with Gasteiger partial charge in [0.05, 0.1) is 25.6 Å². The zero-order valence-corrected chi connectivity index (χ0v) is 55.3. The molecule has 536 valence electrons. The van der Waals surface area contributed by atoms with Gasteiger partial charge in [-0.15, -0.1) is 0 Å². The number of amides is 12. The molecule has 5 rings (SSSR count). The molecule has 3 aliphatic rings. The van der Waals surface area contributed by atoms with Gasteiger partial charge in [0.25, 0.3) is 0 Å². The van der Waals surface area contributed by atoms with E-state index in [4.69, 9.17) is 43.9 Å². The van der Waals surface area contributed by atoms with E-state index >= 15 is 0 Å². The second-order valence-corrected chi connectivity index (χ2v) is 26.2. The summed E-state index contributed by atoms with van der Waals surface area (Å²) in [6.45, 7) is -0.909. The van der Waals surface area contributed by atoms with Crippen LogP contribution in [0.1, 0.15) is 101 Å². The normalized spacial score (nSPS) is 24.9. The zero-order valence-electron chi connectivity index (χ0n) is 53.6. The Kier molecular flexibility index (Phi) is 33.5. The van der Waals surface area contributed by atoms with Gasteiger partial charge in [-0.3, -0.25) is 62.5 Å². The lowest BCUT2D eigenvalue weighted by Gasteiger charge is -2.40. The number of carbonyl (C=O) groups is 12. The lowest BCUT2D eigenvalue weighted by molar-refractivity contribution is -0.265. The Balaban J connectivity index is 1.46. The number of aliphatic hydroxyl groups excluding tert-OH is 3. The molecular weight excluding hydrogens is 1310 g/mol. The predicted molar refractivity (Wildman–Crippen MR) is 353 cm³/mol. The molecule has 3 fully saturated rings. The van der Waals surface area contributed by atoms with Crippen molar-refractivity contribution in [1.29, 1.82) is 0 Å². The second-order valence-electron chi connectivity index (χ2n) is 23.6. The molecule has 0 aliphatic carbocycles. The van der Waals surface area contributed by atoms with Crippen LogP contribution < -0.4 is 76.9 Å². The summed E-state index contributed by atoms with van der Waals surface area (Å²) in [4.78, 5) is 171. The quantitative estimate of drug-likeness (QED) is 0.0145. The molecule has 0 radical (unpaired) electrons. The van der Waals surface area contributed by atoms with Crippen LogP contribution >= 0.6 is 21.6 Å². The lowest BCUT2D eigenvalue weighted by atomic mass is 9.98. The van der Waals surface area contributed by atoms with E-state index in [1.165, 1.54) is 24.3 Å². The minimum absolute atomic E-state index is 0.0386. The summed E-state index contributed by atoms with van der Waals surface area (Å²) in [5, 5.41) is 60.7. The number of nitrogens with two attached hydrogens (primary N) is 6. The Morgan fingerprint density at radius 1 is 0.691 bits per heavy atom. The molecular formula is C61H92N16O18S2. The highest BCUT2D eigenvalue weighted by Gasteiger charge is 2.44. The molecule has 34 nitrogen and oxygen atoms in total. The number of benzene rings is 2. The van der Waals surface area contributed by atoms with Crippen molar-refractivity contribution in [2.24, 2.45) is 39.4 Å². The van der Waals surface area contributed by atoms with Crippen molar-refractivity contribution >= 4 is 98.4 Å². The maximum Gasteiger partial charge on any atom is 0.246 e. The average molecular weight is 1400 g/mol. The fraction of sp³-hybridized carbons (Fsp3) is 0.590. The van der Waals surface area contributed by atoms with Crippen LogP contribution in [0.15, 0.2) is 59.6 Å². The van der Waals surface area contributed by atoms with Crippen LogP contribution in [-0.4, -0.2) is 226 Å². The van der Waals surface area contributed by atoms with E-state index in [0.29, 0.717) is 43.2 Å². The van der Waals surface area contributed by atoms with Gasteiger partial charge < -0.3 is 112 Å². The number of nitrogens with zero attached hydrogens (tertiary/aromatic N) is 2. The van der Waals surface area contributed by atoms with Gasteiger partial charge in [-0.2, -0.15) is 0 Å². The third kappa shape index (κ3) is 27.2. The summed E-state index contributed by atoms with van der Waals surface area (Å²) in [5.74, 6) is -11.9. The summed E-state index contributed by atoms with van der Waals surface area (Å²) in [6, 6.07) is 0.832. The number of hydrogen-bond acceptors (Lipinski definition) is 22. The minimum Gasteiger partial charge on any atom is -0.508 e. The molecule has 36 heteroatoms. The first-order valence-corrected chi connectivity index (χ1v) is 34.4. The molecule has 12 amide bonds. The zero-order chi connectivity index (χ0) is 71.1. The van der Waals surface area contributed by atoms with Gasteiger partial charge in [-0.1, -0.05) is 89.7 Å². The van der Waals surface area contributed by atoms with Crippen LogP contribution in [0.3, 0.4) is 0 Å². The number of carbonyl (C=O) groups excluding carboxylic acids is 12. The number of aromatic hydroxyl groups is 1.